The van der Waals surface area contributed by atoms with Crippen molar-refractivity contribution in [1.29, 1.82) is 0 Å². The van der Waals surface area contributed by atoms with Gasteiger partial charge in [0.15, 0.2) is 6.10 Å². The van der Waals surface area contributed by atoms with Crippen LogP contribution >= 0.6 is 0 Å². The van der Waals surface area contributed by atoms with E-state index in [0.717, 1.165) is 0 Å². The van der Waals surface area contributed by atoms with E-state index in [1.54, 1.807) is 31.2 Å². The molecule has 0 saturated carbocycles. The molecule has 0 radical (unpaired) electrons. The minimum atomic E-state index is -0.578. The maximum Gasteiger partial charge on any atom is 0.340 e. The number of carbonyl (C=O) groups is 2. The lowest BCUT2D eigenvalue weighted by atomic mass is 10.1. The topological polar surface area (TPSA) is 52.6 Å². The summed E-state index contributed by atoms with van der Waals surface area (Å²) in [5, 5.41) is 0. The first-order chi connectivity index (χ1) is 11.8. The summed E-state index contributed by atoms with van der Waals surface area (Å²) in [6.07, 6.45) is 0.767. The van der Waals surface area contributed by atoms with E-state index in [1.807, 2.05) is 20.8 Å². The van der Waals surface area contributed by atoms with Crippen LogP contribution < -0.4 is 0 Å². The highest BCUT2D eigenvalue weighted by Crippen LogP contribution is 2.16. The van der Waals surface area contributed by atoms with Gasteiger partial charge in [0, 0.05) is 0 Å². The van der Waals surface area contributed by atoms with Gasteiger partial charge < -0.3 is 9.47 Å². The standard InChI is InChI=1S/C21H26O4/c1-6-13-24-20(22)18-9-7-8-10-19(18)21(23)25-17(14-16(4)5)12-11-15(2)3/h7-10,16-17H,2,6,13-14H2,1,3-5H3. The Balaban J connectivity index is 2.99. The SMILES string of the molecule is C=C(C)C#CC(CC(C)C)OC(=O)c1ccccc1C(=O)OCCC. The molecule has 1 rings (SSSR count). The Bertz CT molecular complexity index is 677. The molecule has 1 unspecified atom stereocenters. The molecule has 0 aromatic heterocycles. The fourth-order valence-corrected chi connectivity index (χ4v) is 2.07. The Kier molecular flexibility index (Phi) is 8.49. The van der Waals surface area contributed by atoms with Gasteiger partial charge in [-0.05, 0) is 43.4 Å². The van der Waals surface area contributed by atoms with Crippen LogP contribution in [0.5, 0.6) is 0 Å². The zero-order valence-corrected chi connectivity index (χ0v) is 15.4. The average Bonchev–Trinajstić information content (AvgIpc) is 2.56. The Morgan fingerprint density at radius 3 is 2.28 bits per heavy atom. The van der Waals surface area contributed by atoms with Crippen LogP contribution in [-0.2, 0) is 9.47 Å². The average molecular weight is 342 g/mol. The Morgan fingerprint density at radius 1 is 1.16 bits per heavy atom. The first-order valence-corrected chi connectivity index (χ1v) is 8.49. The van der Waals surface area contributed by atoms with Crippen molar-refractivity contribution < 1.29 is 19.1 Å². The minimum absolute atomic E-state index is 0.189. The lowest BCUT2D eigenvalue weighted by molar-refractivity contribution is 0.0361. The van der Waals surface area contributed by atoms with Crippen LogP contribution in [-0.4, -0.2) is 24.6 Å². The number of esters is 2. The normalized spacial score (nSPS) is 11.2. The lowest BCUT2D eigenvalue weighted by Gasteiger charge is -2.16. The summed E-state index contributed by atoms with van der Waals surface area (Å²) in [6.45, 7) is 11.8. The molecule has 4 heteroatoms. The van der Waals surface area contributed by atoms with Gasteiger partial charge in [-0.1, -0.05) is 51.3 Å². The third kappa shape index (κ3) is 7.26. The summed E-state index contributed by atoms with van der Waals surface area (Å²) >= 11 is 0. The second-order valence-electron chi connectivity index (χ2n) is 6.25. The number of ether oxygens (including phenoxy) is 2. The van der Waals surface area contributed by atoms with Gasteiger partial charge in [0.1, 0.15) is 0 Å². The van der Waals surface area contributed by atoms with Gasteiger partial charge in [-0.15, -0.1) is 0 Å². The quantitative estimate of drug-likeness (QED) is 0.544. The first-order valence-electron chi connectivity index (χ1n) is 8.49. The highest BCUT2D eigenvalue weighted by Gasteiger charge is 2.21. The van der Waals surface area contributed by atoms with E-state index >= 15 is 0 Å². The first kappa shape index (κ1) is 20.5. The summed E-state index contributed by atoms with van der Waals surface area (Å²) in [5.74, 6) is 4.99. The Hall–Kier alpha value is -2.54. The van der Waals surface area contributed by atoms with Gasteiger partial charge in [-0.3, -0.25) is 0 Å². The molecule has 0 heterocycles. The number of allylic oxidation sites excluding steroid dienone is 1. The predicted octanol–water partition coefficient (Wildman–Crippen LogP) is 4.40. The molecule has 1 atom stereocenters. The second-order valence-corrected chi connectivity index (χ2v) is 6.25. The molecular formula is C21H26O4. The number of hydrogen-bond acceptors (Lipinski definition) is 4. The monoisotopic (exact) mass is 342 g/mol. The van der Waals surface area contributed by atoms with E-state index in [-0.39, 0.29) is 11.1 Å². The van der Waals surface area contributed by atoms with Gasteiger partial charge in [0.25, 0.3) is 0 Å². The van der Waals surface area contributed by atoms with E-state index in [2.05, 4.69) is 18.4 Å². The van der Waals surface area contributed by atoms with Crippen molar-refractivity contribution in [1.82, 2.24) is 0 Å². The number of rotatable bonds is 7. The fraction of sp³-hybridized carbons (Fsp3) is 0.429. The van der Waals surface area contributed by atoms with Gasteiger partial charge in [0.05, 0.1) is 17.7 Å². The largest absolute Gasteiger partial charge is 0.462 e. The number of hydrogen-bond donors (Lipinski definition) is 0. The van der Waals surface area contributed by atoms with Crippen molar-refractivity contribution >= 4 is 11.9 Å². The molecule has 0 saturated heterocycles. The van der Waals surface area contributed by atoms with Crippen molar-refractivity contribution in [2.75, 3.05) is 6.61 Å². The third-order valence-corrected chi connectivity index (χ3v) is 3.19. The van der Waals surface area contributed by atoms with Gasteiger partial charge in [0.2, 0.25) is 0 Å². The van der Waals surface area contributed by atoms with Crippen LogP contribution in [0.4, 0.5) is 0 Å². The lowest BCUT2D eigenvalue weighted by Crippen LogP contribution is -2.21. The molecule has 0 aliphatic heterocycles. The number of benzene rings is 1. The van der Waals surface area contributed by atoms with Crippen LogP contribution in [0.2, 0.25) is 0 Å². The maximum atomic E-state index is 12.6. The highest BCUT2D eigenvalue weighted by atomic mass is 16.5. The molecule has 1 aromatic rings. The molecular weight excluding hydrogens is 316 g/mol. The Labute approximate surface area is 150 Å². The highest BCUT2D eigenvalue weighted by molar-refractivity contribution is 6.03. The summed E-state index contributed by atoms with van der Waals surface area (Å²) < 4.78 is 10.7. The molecule has 134 valence electrons. The van der Waals surface area contributed by atoms with Crippen molar-refractivity contribution in [2.24, 2.45) is 5.92 Å². The van der Waals surface area contributed by atoms with E-state index in [1.165, 1.54) is 0 Å². The molecule has 0 N–H and O–H groups in total. The molecule has 0 aliphatic carbocycles. The van der Waals surface area contributed by atoms with E-state index in [9.17, 15) is 9.59 Å². The summed E-state index contributed by atoms with van der Waals surface area (Å²) in [4.78, 5) is 24.7. The summed E-state index contributed by atoms with van der Waals surface area (Å²) in [5.41, 5.74) is 1.10. The van der Waals surface area contributed by atoms with Crippen molar-refractivity contribution in [3.8, 4) is 11.8 Å². The number of carbonyl (C=O) groups excluding carboxylic acids is 2. The zero-order valence-electron chi connectivity index (χ0n) is 15.4. The summed E-state index contributed by atoms with van der Waals surface area (Å²) in [6, 6.07) is 6.49. The van der Waals surface area contributed by atoms with Crippen molar-refractivity contribution in [3.05, 3.63) is 47.5 Å². The minimum Gasteiger partial charge on any atom is -0.462 e. The van der Waals surface area contributed by atoms with Gasteiger partial charge in [-0.2, -0.15) is 0 Å². The molecule has 1 aromatic carbocycles. The molecule has 0 bridgehead atoms. The zero-order chi connectivity index (χ0) is 18.8. The van der Waals surface area contributed by atoms with Crippen LogP contribution in [0.1, 0.15) is 61.3 Å². The van der Waals surface area contributed by atoms with Gasteiger partial charge in [-0.25, -0.2) is 9.59 Å². The molecule has 4 nitrogen and oxygen atoms in total. The Morgan fingerprint density at radius 2 is 1.76 bits per heavy atom. The smallest absolute Gasteiger partial charge is 0.340 e. The second kappa shape index (κ2) is 10.4. The molecule has 25 heavy (non-hydrogen) atoms. The van der Waals surface area contributed by atoms with Crippen LogP contribution in [0, 0.1) is 17.8 Å². The summed E-state index contributed by atoms with van der Waals surface area (Å²) in [7, 11) is 0. The third-order valence-electron chi connectivity index (χ3n) is 3.19. The fourth-order valence-electron chi connectivity index (χ4n) is 2.07. The van der Waals surface area contributed by atoms with Crippen LogP contribution in [0.15, 0.2) is 36.4 Å². The van der Waals surface area contributed by atoms with Gasteiger partial charge >= 0.3 is 11.9 Å². The molecule has 0 spiro atoms. The predicted molar refractivity (Wildman–Crippen MR) is 98.3 cm³/mol. The molecule has 0 amide bonds. The van der Waals surface area contributed by atoms with Crippen molar-refractivity contribution in [2.45, 2.75) is 46.6 Å². The van der Waals surface area contributed by atoms with E-state index < -0.39 is 18.0 Å². The van der Waals surface area contributed by atoms with E-state index in [4.69, 9.17) is 9.47 Å². The molecule has 0 fully saturated rings. The maximum absolute atomic E-state index is 12.6. The van der Waals surface area contributed by atoms with Crippen LogP contribution in [0.25, 0.3) is 0 Å². The van der Waals surface area contributed by atoms with E-state index in [0.29, 0.717) is 30.9 Å². The van der Waals surface area contributed by atoms with Crippen molar-refractivity contribution in [3.63, 3.8) is 0 Å². The molecule has 0 aliphatic rings. The van der Waals surface area contributed by atoms with Crippen LogP contribution in [0.3, 0.4) is 0 Å².